The van der Waals surface area contributed by atoms with Gasteiger partial charge in [0, 0.05) is 31.3 Å². The van der Waals surface area contributed by atoms with Crippen LogP contribution in [0.1, 0.15) is 24.6 Å². The molecule has 1 aliphatic rings. The van der Waals surface area contributed by atoms with Crippen molar-refractivity contribution in [1.29, 1.82) is 0 Å². The highest BCUT2D eigenvalue weighted by atomic mass is 16.6. The fraction of sp³-hybridized carbons (Fsp3) is 0.417. The van der Waals surface area contributed by atoms with Crippen LogP contribution in [-0.4, -0.2) is 38.2 Å². The summed E-state index contributed by atoms with van der Waals surface area (Å²) in [5, 5.41) is 17.4. The topological polar surface area (TPSA) is 121 Å². The van der Waals surface area contributed by atoms with Crippen molar-refractivity contribution in [2.45, 2.75) is 18.8 Å². The first-order valence-electron chi connectivity index (χ1n) is 6.64. The van der Waals surface area contributed by atoms with Crippen LogP contribution in [0.15, 0.2) is 23.1 Å². The number of hydrogen-bond acceptors (Lipinski definition) is 6. The number of piperidine rings is 1. The van der Waals surface area contributed by atoms with E-state index in [2.05, 4.69) is 20.2 Å². The zero-order valence-electron chi connectivity index (χ0n) is 11.2. The van der Waals surface area contributed by atoms with Gasteiger partial charge in [-0.1, -0.05) is 0 Å². The van der Waals surface area contributed by atoms with Crippen LogP contribution in [0.5, 0.6) is 0 Å². The Balaban J connectivity index is 1.87. The summed E-state index contributed by atoms with van der Waals surface area (Å²) in [7, 11) is 0. The van der Waals surface area contributed by atoms with Crippen LogP contribution in [0.4, 0.5) is 11.5 Å². The molecule has 0 amide bonds. The normalized spacial score (nSPS) is 18.7. The third kappa shape index (κ3) is 2.62. The predicted molar refractivity (Wildman–Crippen MR) is 74.3 cm³/mol. The Labute approximate surface area is 119 Å². The molecule has 9 nitrogen and oxygen atoms in total. The second-order valence-corrected chi connectivity index (χ2v) is 4.95. The Bertz CT molecular complexity index is 709. The summed E-state index contributed by atoms with van der Waals surface area (Å²) in [4.78, 5) is 30.5. The lowest BCUT2D eigenvalue weighted by Crippen LogP contribution is -2.35. The van der Waals surface area contributed by atoms with Gasteiger partial charge in [0.1, 0.15) is 5.82 Å². The number of H-pyrrole nitrogens is 2. The van der Waals surface area contributed by atoms with Crippen molar-refractivity contribution < 1.29 is 4.92 Å². The van der Waals surface area contributed by atoms with Crippen molar-refractivity contribution in [2.75, 3.05) is 18.0 Å². The molecule has 110 valence electrons. The zero-order valence-corrected chi connectivity index (χ0v) is 11.2. The van der Waals surface area contributed by atoms with E-state index in [9.17, 15) is 14.9 Å². The van der Waals surface area contributed by atoms with Crippen LogP contribution in [-0.2, 0) is 0 Å². The number of pyridine rings is 1. The number of nitrogens with one attached hydrogen (secondary N) is 2. The Kier molecular flexibility index (Phi) is 3.38. The molecule has 1 aliphatic heterocycles. The lowest BCUT2D eigenvalue weighted by atomic mass is 9.97. The van der Waals surface area contributed by atoms with Gasteiger partial charge in [0.05, 0.1) is 4.92 Å². The van der Waals surface area contributed by atoms with Gasteiger partial charge < -0.3 is 4.90 Å². The maximum Gasteiger partial charge on any atom is 0.340 e. The second-order valence-electron chi connectivity index (χ2n) is 4.95. The van der Waals surface area contributed by atoms with Crippen LogP contribution in [0.3, 0.4) is 0 Å². The smallest absolute Gasteiger partial charge is 0.340 e. The van der Waals surface area contributed by atoms with Gasteiger partial charge >= 0.3 is 11.4 Å². The third-order valence-electron chi connectivity index (χ3n) is 3.59. The minimum Gasteiger partial charge on any atom is -0.350 e. The standard InChI is InChI=1S/C12H14N6O3/c19-12-14-10(15-16-12)8-3-2-6-17(7-8)11-9(18(20)21)4-1-5-13-11/h1,4-5,8H,2-3,6-7H2,(H2,14,15,16,19)/t8-/m0/s1. The number of hydrogen-bond donors (Lipinski definition) is 2. The van der Waals surface area contributed by atoms with E-state index >= 15 is 0 Å². The van der Waals surface area contributed by atoms with E-state index in [1.807, 2.05) is 4.90 Å². The number of aromatic amines is 2. The fourth-order valence-electron chi connectivity index (χ4n) is 2.64. The van der Waals surface area contributed by atoms with E-state index in [0.29, 0.717) is 24.7 Å². The quantitative estimate of drug-likeness (QED) is 0.636. The SMILES string of the molecule is O=c1[nH]nc([C@H]2CCCN(c3ncccc3[N+](=O)[O-])C2)[nH]1. The predicted octanol–water partition coefficient (Wildman–Crippen LogP) is 0.785. The minimum atomic E-state index is -0.428. The molecule has 3 heterocycles. The molecule has 21 heavy (non-hydrogen) atoms. The molecule has 3 rings (SSSR count). The van der Waals surface area contributed by atoms with Crippen molar-refractivity contribution in [3.05, 3.63) is 44.8 Å². The monoisotopic (exact) mass is 290 g/mol. The summed E-state index contributed by atoms with van der Waals surface area (Å²) in [6.45, 7) is 1.24. The molecule has 1 fully saturated rings. The van der Waals surface area contributed by atoms with E-state index in [-0.39, 0.29) is 17.3 Å². The lowest BCUT2D eigenvalue weighted by Gasteiger charge is -2.32. The van der Waals surface area contributed by atoms with Crippen molar-refractivity contribution >= 4 is 11.5 Å². The van der Waals surface area contributed by atoms with Crippen LogP contribution < -0.4 is 10.6 Å². The fourth-order valence-corrected chi connectivity index (χ4v) is 2.64. The molecule has 0 bridgehead atoms. The molecule has 0 spiro atoms. The largest absolute Gasteiger partial charge is 0.350 e. The number of anilines is 1. The van der Waals surface area contributed by atoms with Gasteiger partial charge in [-0.3, -0.25) is 15.1 Å². The van der Waals surface area contributed by atoms with Crippen molar-refractivity contribution in [2.24, 2.45) is 0 Å². The molecular formula is C12H14N6O3. The van der Waals surface area contributed by atoms with E-state index in [0.717, 1.165) is 12.8 Å². The molecule has 0 unspecified atom stereocenters. The second kappa shape index (κ2) is 5.35. The molecule has 0 radical (unpaired) electrons. The molecule has 2 aromatic rings. The number of nitrogens with zero attached hydrogens (tertiary/aromatic N) is 4. The Morgan fingerprint density at radius 2 is 2.33 bits per heavy atom. The zero-order chi connectivity index (χ0) is 14.8. The van der Waals surface area contributed by atoms with E-state index in [4.69, 9.17) is 0 Å². The summed E-state index contributed by atoms with van der Waals surface area (Å²) < 4.78 is 0. The number of rotatable bonds is 3. The average molecular weight is 290 g/mol. The maximum atomic E-state index is 11.1. The van der Waals surface area contributed by atoms with Crippen LogP contribution in [0, 0.1) is 10.1 Å². The Hall–Kier alpha value is -2.71. The van der Waals surface area contributed by atoms with Crippen LogP contribution in [0.2, 0.25) is 0 Å². The summed E-state index contributed by atoms with van der Waals surface area (Å²) in [5.41, 5.74) is -0.348. The first-order valence-corrected chi connectivity index (χ1v) is 6.64. The highest BCUT2D eigenvalue weighted by Gasteiger charge is 2.28. The van der Waals surface area contributed by atoms with E-state index in [1.165, 1.54) is 6.07 Å². The highest BCUT2D eigenvalue weighted by molar-refractivity contribution is 5.57. The Morgan fingerprint density at radius 3 is 3.05 bits per heavy atom. The lowest BCUT2D eigenvalue weighted by molar-refractivity contribution is -0.384. The van der Waals surface area contributed by atoms with E-state index < -0.39 is 4.92 Å². The molecule has 0 aromatic carbocycles. The molecule has 0 saturated carbocycles. The number of nitro groups is 1. The van der Waals surface area contributed by atoms with Crippen molar-refractivity contribution in [3.8, 4) is 0 Å². The third-order valence-corrected chi connectivity index (χ3v) is 3.59. The summed E-state index contributed by atoms with van der Waals surface area (Å²) in [6, 6.07) is 3.00. The van der Waals surface area contributed by atoms with Gasteiger partial charge in [0.25, 0.3) is 0 Å². The summed E-state index contributed by atoms with van der Waals surface area (Å²) in [6.07, 6.45) is 3.27. The van der Waals surface area contributed by atoms with Gasteiger partial charge in [0.2, 0.25) is 5.82 Å². The first kappa shape index (κ1) is 13.3. The number of aromatic nitrogens is 4. The Morgan fingerprint density at radius 1 is 1.48 bits per heavy atom. The molecule has 0 aliphatic carbocycles. The highest BCUT2D eigenvalue weighted by Crippen LogP contribution is 2.31. The van der Waals surface area contributed by atoms with E-state index in [1.54, 1.807) is 12.3 Å². The molecule has 1 atom stereocenters. The summed E-state index contributed by atoms with van der Waals surface area (Å²) >= 11 is 0. The molecule has 1 saturated heterocycles. The van der Waals surface area contributed by atoms with Gasteiger partial charge in [0.15, 0.2) is 0 Å². The van der Waals surface area contributed by atoms with Crippen LogP contribution in [0.25, 0.3) is 0 Å². The first-order chi connectivity index (χ1) is 10.1. The van der Waals surface area contributed by atoms with Gasteiger partial charge in [-0.15, -0.1) is 0 Å². The minimum absolute atomic E-state index is 0.00586. The maximum absolute atomic E-state index is 11.1. The van der Waals surface area contributed by atoms with Crippen molar-refractivity contribution in [1.82, 2.24) is 20.2 Å². The molecule has 2 aromatic heterocycles. The van der Waals surface area contributed by atoms with Gasteiger partial charge in [-0.05, 0) is 18.9 Å². The molecule has 9 heteroatoms. The summed E-state index contributed by atoms with van der Waals surface area (Å²) in [5.74, 6) is 0.979. The van der Waals surface area contributed by atoms with Crippen molar-refractivity contribution in [3.63, 3.8) is 0 Å². The van der Waals surface area contributed by atoms with Gasteiger partial charge in [-0.2, -0.15) is 5.10 Å². The van der Waals surface area contributed by atoms with Crippen LogP contribution >= 0.6 is 0 Å². The van der Waals surface area contributed by atoms with Gasteiger partial charge in [-0.25, -0.2) is 14.9 Å². The average Bonchev–Trinajstić information content (AvgIpc) is 2.94. The molecular weight excluding hydrogens is 276 g/mol. The molecule has 2 N–H and O–H groups in total.